The van der Waals surface area contributed by atoms with E-state index in [0.717, 1.165) is 6.42 Å². The van der Waals surface area contributed by atoms with Crippen LogP contribution >= 0.6 is 0 Å². The molecule has 0 saturated carbocycles. The van der Waals surface area contributed by atoms with E-state index in [1.54, 1.807) is 0 Å². The molecule has 1 radical (unpaired) electrons. The quantitative estimate of drug-likeness (QED) is 0.582. The van der Waals surface area contributed by atoms with Gasteiger partial charge in [0.25, 0.3) is 0 Å². The number of Topliss-reactive ketones (excluding diaryl/α,β-unsaturated/α-hetero) is 1. The summed E-state index contributed by atoms with van der Waals surface area (Å²) in [7, 11) is 0. The van der Waals surface area contributed by atoms with E-state index in [-0.39, 0.29) is 34.6 Å². The van der Waals surface area contributed by atoms with E-state index < -0.39 is 5.97 Å². The molecule has 0 bridgehead atoms. The summed E-state index contributed by atoms with van der Waals surface area (Å²) in [4.78, 5) is 20.3. The smallest absolute Gasteiger partial charge is 0.310 e. The molecular weight excluding hydrogens is 228 g/mol. The van der Waals surface area contributed by atoms with Gasteiger partial charge in [0.2, 0.25) is 0 Å². The van der Waals surface area contributed by atoms with Crippen molar-refractivity contribution in [1.29, 1.82) is 0 Å². The van der Waals surface area contributed by atoms with Crippen LogP contribution in [-0.4, -0.2) is 16.9 Å². The Kier molecular flexibility index (Phi) is 8.77. The van der Waals surface area contributed by atoms with Crippen LogP contribution in [0.1, 0.15) is 26.2 Å². The molecule has 0 rings (SSSR count). The van der Waals surface area contributed by atoms with E-state index in [4.69, 9.17) is 5.11 Å². The molecule has 0 amide bonds. The maximum atomic E-state index is 10.5. The van der Waals surface area contributed by atoms with E-state index in [1.807, 2.05) is 6.92 Å². The second-order valence-electron chi connectivity index (χ2n) is 1.86. The normalized spacial score (nSPS) is 8.10. The summed E-state index contributed by atoms with van der Waals surface area (Å²) in [5, 5.41) is 8.09. The van der Waals surface area contributed by atoms with Crippen molar-refractivity contribution >= 4 is 11.8 Å². The van der Waals surface area contributed by atoms with Gasteiger partial charge >= 0.3 is 5.97 Å². The number of carboxylic acids is 1. The molecular formula is C6H10AgO3. The Morgan fingerprint density at radius 2 is 1.90 bits per heavy atom. The van der Waals surface area contributed by atoms with Gasteiger partial charge in [-0.3, -0.25) is 9.59 Å². The monoisotopic (exact) mass is 237 g/mol. The second kappa shape index (κ2) is 6.99. The first kappa shape index (κ1) is 12.5. The molecule has 4 heteroatoms. The first-order valence-electron chi connectivity index (χ1n) is 2.90. The van der Waals surface area contributed by atoms with Crippen LogP contribution in [0.3, 0.4) is 0 Å². The fraction of sp³-hybridized carbons (Fsp3) is 0.667. The third kappa shape index (κ3) is 7.88. The van der Waals surface area contributed by atoms with Gasteiger partial charge in [0.15, 0.2) is 0 Å². The Morgan fingerprint density at radius 1 is 1.40 bits per heavy atom. The largest absolute Gasteiger partial charge is 0.481 e. The summed E-state index contributed by atoms with van der Waals surface area (Å²) >= 11 is 0. The van der Waals surface area contributed by atoms with Crippen LogP contribution in [0.15, 0.2) is 0 Å². The fourth-order valence-electron chi connectivity index (χ4n) is 0.536. The van der Waals surface area contributed by atoms with Gasteiger partial charge in [0.1, 0.15) is 12.2 Å². The summed E-state index contributed by atoms with van der Waals surface area (Å²) in [5.41, 5.74) is 0. The number of aliphatic carboxylic acids is 1. The third-order valence-corrected chi connectivity index (χ3v) is 0.877. The maximum Gasteiger partial charge on any atom is 0.310 e. The molecule has 0 fully saturated rings. The van der Waals surface area contributed by atoms with Crippen LogP contribution in [0.25, 0.3) is 0 Å². The number of hydrogen-bond donors (Lipinski definition) is 1. The Labute approximate surface area is 75.3 Å². The minimum Gasteiger partial charge on any atom is -0.481 e. The molecule has 63 valence electrons. The standard InChI is InChI=1S/C6H10O3.Ag/c1-2-3-5(7)4-6(8)9;/h2-4H2,1H3,(H,8,9);. The Morgan fingerprint density at radius 3 is 2.20 bits per heavy atom. The zero-order chi connectivity index (χ0) is 7.28. The van der Waals surface area contributed by atoms with Crippen LogP contribution < -0.4 is 0 Å². The second-order valence-corrected chi connectivity index (χ2v) is 1.86. The van der Waals surface area contributed by atoms with E-state index in [0.29, 0.717) is 6.42 Å². The summed E-state index contributed by atoms with van der Waals surface area (Å²) in [6, 6.07) is 0. The van der Waals surface area contributed by atoms with Crippen molar-refractivity contribution in [2.75, 3.05) is 0 Å². The van der Waals surface area contributed by atoms with Gasteiger partial charge in [0.05, 0.1) is 0 Å². The van der Waals surface area contributed by atoms with E-state index in [9.17, 15) is 9.59 Å². The average molecular weight is 238 g/mol. The first-order valence-corrected chi connectivity index (χ1v) is 2.90. The molecule has 0 spiro atoms. The molecule has 0 atom stereocenters. The first-order chi connectivity index (χ1) is 4.16. The van der Waals surface area contributed by atoms with Crippen LogP contribution in [0.2, 0.25) is 0 Å². The summed E-state index contributed by atoms with van der Waals surface area (Å²) in [6.07, 6.45) is 0.784. The minimum absolute atomic E-state index is 0. The van der Waals surface area contributed by atoms with Gasteiger partial charge in [0, 0.05) is 28.8 Å². The predicted molar refractivity (Wildman–Crippen MR) is 32.2 cm³/mol. The van der Waals surface area contributed by atoms with Gasteiger partial charge in [-0.25, -0.2) is 0 Å². The molecule has 0 unspecified atom stereocenters. The molecule has 1 N–H and O–H groups in total. The number of hydrogen-bond acceptors (Lipinski definition) is 2. The molecule has 0 aromatic carbocycles. The van der Waals surface area contributed by atoms with Gasteiger partial charge in [-0.1, -0.05) is 6.92 Å². The molecule has 10 heavy (non-hydrogen) atoms. The van der Waals surface area contributed by atoms with Crippen molar-refractivity contribution in [2.45, 2.75) is 26.2 Å². The Bertz CT molecular complexity index is 122. The number of ketones is 1. The van der Waals surface area contributed by atoms with Crippen molar-refractivity contribution in [2.24, 2.45) is 0 Å². The Hall–Kier alpha value is -0.120. The zero-order valence-electron chi connectivity index (χ0n) is 5.69. The van der Waals surface area contributed by atoms with Crippen LogP contribution in [0, 0.1) is 0 Å². The number of carbonyl (C=O) groups excluding carboxylic acids is 1. The molecule has 0 aliphatic heterocycles. The van der Waals surface area contributed by atoms with Gasteiger partial charge in [-0.15, -0.1) is 0 Å². The Balaban J connectivity index is 0. The maximum absolute atomic E-state index is 10.5. The molecule has 0 heterocycles. The van der Waals surface area contributed by atoms with E-state index in [1.165, 1.54) is 0 Å². The van der Waals surface area contributed by atoms with Crippen molar-refractivity contribution in [1.82, 2.24) is 0 Å². The van der Waals surface area contributed by atoms with Gasteiger partial charge in [-0.2, -0.15) is 0 Å². The molecule has 0 saturated heterocycles. The van der Waals surface area contributed by atoms with Crippen molar-refractivity contribution in [3.05, 3.63) is 0 Å². The molecule has 3 nitrogen and oxygen atoms in total. The van der Waals surface area contributed by atoms with Gasteiger partial charge < -0.3 is 5.11 Å². The number of rotatable bonds is 4. The van der Waals surface area contributed by atoms with Gasteiger partial charge in [-0.05, 0) is 6.42 Å². The van der Waals surface area contributed by atoms with Crippen molar-refractivity contribution in [3.8, 4) is 0 Å². The van der Waals surface area contributed by atoms with E-state index in [2.05, 4.69) is 0 Å². The third-order valence-electron chi connectivity index (χ3n) is 0.877. The van der Waals surface area contributed by atoms with Crippen LogP contribution in [-0.2, 0) is 32.0 Å². The van der Waals surface area contributed by atoms with Crippen LogP contribution in [0.4, 0.5) is 0 Å². The summed E-state index contributed by atoms with van der Waals surface area (Å²) in [5.74, 6) is -1.22. The SMILES string of the molecule is CCCC(=O)CC(=O)O.[Ag]. The average Bonchev–Trinajstić information content (AvgIpc) is 1.63. The minimum atomic E-state index is -1.03. The predicted octanol–water partition coefficient (Wildman–Crippen LogP) is 0.828. The number of carboxylic acid groups (broad SMARTS) is 1. The summed E-state index contributed by atoms with van der Waals surface area (Å²) in [6.45, 7) is 1.85. The van der Waals surface area contributed by atoms with Crippen molar-refractivity contribution in [3.63, 3.8) is 0 Å². The number of carbonyl (C=O) groups is 2. The molecule has 0 aliphatic carbocycles. The van der Waals surface area contributed by atoms with Crippen LogP contribution in [0.5, 0.6) is 0 Å². The fourth-order valence-corrected chi connectivity index (χ4v) is 0.536. The molecule has 0 aliphatic rings. The van der Waals surface area contributed by atoms with Crippen molar-refractivity contribution < 1.29 is 37.1 Å². The molecule has 0 aromatic rings. The summed E-state index contributed by atoms with van der Waals surface area (Å²) < 4.78 is 0. The topological polar surface area (TPSA) is 54.4 Å². The van der Waals surface area contributed by atoms with E-state index >= 15 is 0 Å². The zero-order valence-corrected chi connectivity index (χ0v) is 7.17. The molecule has 0 aromatic heterocycles.